The van der Waals surface area contributed by atoms with Gasteiger partial charge in [0.25, 0.3) is 0 Å². The van der Waals surface area contributed by atoms with Crippen LogP contribution in [-0.2, 0) is 4.74 Å². The number of hydrogen-bond donors (Lipinski definition) is 2. The van der Waals surface area contributed by atoms with E-state index in [2.05, 4.69) is 58.0 Å². The minimum Gasteiger partial charge on any atom is -0.379 e. The van der Waals surface area contributed by atoms with E-state index in [1.165, 1.54) is 5.56 Å². The van der Waals surface area contributed by atoms with Gasteiger partial charge in [-0.25, -0.2) is 0 Å². The zero-order valence-corrected chi connectivity index (χ0v) is 18.1. The summed E-state index contributed by atoms with van der Waals surface area (Å²) < 4.78 is 5.41. The molecule has 1 aromatic heterocycles. The third-order valence-corrected chi connectivity index (χ3v) is 5.70. The van der Waals surface area contributed by atoms with Crippen LogP contribution in [0.4, 0.5) is 0 Å². The third kappa shape index (κ3) is 7.78. The first-order valence-electron chi connectivity index (χ1n) is 10.4. The van der Waals surface area contributed by atoms with Gasteiger partial charge in [-0.2, -0.15) is 11.3 Å². The van der Waals surface area contributed by atoms with Crippen molar-refractivity contribution in [3.8, 4) is 0 Å². The summed E-state index contributed by atoms with van der Waals surface area (Å²) in [6.45, 7) is 16.2. The van der Waals surface area contributed by atoms with Crippen molar-refractivity contribution in [1.29, 1.82) is 0 Å². The second-order valence-electron chi connectivity index (χ2n) is 6.75. The van der Waals surface area contributed by atoms with Gasteiger partial charge < -0.3 is 15.4 Å². The van der Waals surface area contributed by atoms with Crippen molar-refractivity contribution in [1.82, 2.24) is 20.4 Å². The third-order valence-electron chi connectivity index (χ3n) is 4.99. The maximum absolute atomic E-state index is 5.41. The smallest absolute Gasteiger partial charge is 0.191 e. The van der Waals surface area contributed by atoms with E-state index in [4.69, 9.17) is 9.73 Å². The summed E-state index contributed by atoms with van der Waals surface area (Å²) in [6, 6.07) is 2.57. The van der Waals surface area contributed by atoms with Crippen LogP contribution in [-0.4, -0.2) is 81.3 Å². The highest BCUT2D eigenvalue weighted by Crippen LogP contribution is 2.23. The molecular formula is C20H37N5OS. The van der Waals surface area contributed by atoms with Crippen molar-refractivity contribution < 1.29 is 4.74 Å². The maximum Gasteiger partial charge on any atom is 0.191 e. The molecule has 1 atom stereocenters. The lowest BCUT2D eigenvalue weighted by Crippen LogP contribution is -2.41. The second-order valence-corrected chi connectivity index (χ2v) is 7.53. The summed E-state index contributed by atoms with van der Waals surface area (Å²) in [5.74, 6) is 0.923. The summed E-state index contributed by atoms with van der Waals surface area (Å²) in [5.41, 5.74) is 1.37. The molecule has 0 saturated carbocycles. The number of morpholine rings is 1. The Balaban J connectivity index is 1.85. The molecule has 0 radical (unpaired) electrons. The van der Waals surface area contributed by atoms with Crippen LogP contribution in [0.2, 0.25) is 0 Å². The number of rotatable bonds is 11. The molecule has 0 amide bonds. The lowest BCUT2D eigenvalue weighted by atomic mass is 10.1. The number of guanidine groups is 1. The Morgan fingerprint density at radius 1 is 1.26 bits per heavy atom. The van der Waals surface area contributed by atoms with E-state index in [0.717, 1.165) is 78.0 Å². The molecule has 2 rings (SSSR count). The van der Waals surface area contributed by atoms with Gasteiger partial charge in [0.05, 0.1) is 25.8 Å². The number of likely N-dealkylation sites (N-methyl/N-ethyl adjacent to an activating group) is 1. The van der Waals surface area contributed by atoms with Gasteiger partial charge in [-0.3, -0.25) is 14.8 Å². The van der Waals surface area contributed by atoms with Crippen LogP contribution in [0, 0.1) is 0 Å². The van der Waals surface area contributed by atoms with E-state index in [-0.39, 0.29) is 0 Å². The summed E-state index contributed by atoms with van der Waals surface area (Å²) in [6.07, 6.45) is 1.12. The quantitative estimate of drug-likeness (QED) is 0.342. The van der Waals surface area contributed by atoms with E-state index in [9.17, 15) is 0 Å². The van der Waals surface area contributed by atoms with Crippen molar-refractivity contribution in [2.24, 2.45) is 4.99 Å². The van der Waals surface area contributed by atoms with Gasteiger partial charge in [-0.05, 0) is 55.4 Å². The summed E-state index contributed by atoms with van der Waals surface area (Å²) in [7, 11) is 0. The first-order chi connectivity index (χ1) is 13.3. The van der Waals surface area contributed by atoms with Crippen molar-refractivity contribution in [2.75, 3.05) is 65.6 Å². The van der Waals surface area contributed by atoms with Crippen LogP contribution in [0.3, 0.4) is 0 Å². The Hall–Kier alpha value is -1.15. The van der Waals surface area contributed by atoms with Crippen LogP contribution in [0.1, 0.15) is 38.8 Å². The molecule has 0 aromatic carbocycles. The monoisotopic (exact) mass is 395 g/mol. The van der Waals surface area contributed by atoms with Gasteiger partial charge in [0.15, 0.2) is 5.96 Å². The van der Waals surface area contributed by atoms with Gasteiger partial charge in [0, 0.05) is 26.2 Å². The molecule has 1 aromatic rings. The number of thiophene rings is 1. The Kier molecular flexibility index (Phi) is 10.7. The van der Waals surface area contributed by atoms with Gasteiger partial charge in [0.1, 0.15) is 0 Å². The molecule has 1 saturated heterocycles. The maximum atomic E-state index is 5.41. The van der Waals surface area contributed by atoms with E-state index in [1.807, 2.05) is 0 Å². The number of ether oxygens (including phenoxy) is 1. The standard InChI is InChI=1S/C20H37N5OS/c1-4-21-20(22-9-7-10-24-11-13-26-14-12-24)23-16-19(25(5-2)6-3)18-8-15-27-17-18/h8,15,17,19H,4-7,9-14,16H2,1-3H3,(H2,21,22,23). The topological polar surface area (TPSA) is 52.1 Å². The van der Waals surface area contributed by atoms with E-state index >= 15 is 0 Å². The van der Waals surface area contributed by atoms with Crippen molar-refractivity contribution in [3.05, 3.63) is 22.4 Å². The highest BCUT2D eigenvalue weighted by atomic mass is 32.1. The highest BCUT2D eigenvalue weighted by molar-refractivity contribution is 7.07. The summed E-state index contributed by atoms with van der Waals surface area (Å²) >= 11 is 1.76. The van der Waals surface area contributed by atoms with Crippen LogP contribution >= 0.6 is 11.3 Å². The molecule has 0 spiro atoms. The van der Waals surface area contributed by atoms with E-state index in [1.54, 1.807) is 11.3 Å². The van der Waals surface area contributed by atoms with Crippen LogP contribution < -0.4 is 10.6 Å². The number of nitrogens with zero attached hydrogens (tertiary/aromatic N) is 3. The molecule has 2 N–H and O–H groups in total. The molecule has 2 heterocycles. The minimum atomic E-state index is 0.343. The fraction of sp³-hybridized carbons (Fsp3) is 0.750. The normalized spacial score (nSPS) is 17.3. The SMILES string of the molecule is CCNC(=NCC(c1ccsc1)N(CC)CC)NCCCN1CCOCC1. The van der Waals surface area contributed by atoms with Crippen LogP contribution in [0.25, 0.3) is 0 Å². The lowest BCUT2D eigenvalue weighted by molar-refractivity contribution is 0.0376. The Labute approximate surface area is 169 Å². The van der Waals surface area contributed by atoms with E-state index < -0.39 is 0 Å². The predicted molar refractivity (Wildman–Crippen MR) is 116 cm³/mol. The number of hydrogen-bond acceptors (Lipinski definition) is 5. The average molecular weight is 396 g/mol. The molecule has 154 valence electrons. The number of aliphatic imine (C=N–C) groups is 1. The molecule has 0 aliphatic carbocycles. The second kappa shape index (κ2) is 13.1. The highest BCUT2D eigenvalue weighted by Gasteiger charge is 2.18. The Morgan fingerprint density at radius 2 is 2.04 bits per heavy atom. The minimum absolute atomic E-state index is 0.343. The van der Waals surface area contributed by atoms with Crippen LogP contribution in [0.15, 0.2) is 21.8 Å². The first kappa shape index (κ1) is 22.1. The largest absolute Gasteiger partial charge is 0.379 e. The molecule has 1 aliphatic heterocycles. The van der Waals surface area contributed by atoms with E-state index in [0.29, 0.717) is 6.04 Å². The van der Waals surface area contributed by atoms with Crippen molar-refractivity contribution in [2.45, 2.75) is 33.2 Å². The first-order valence-corrected chi connectivity index (χ1v) is 11.3. The fourth-order valence-corrected chi connectivity index (χ4v) is 4.12. The van der Waals surface area contributed by atoms with Gasteiger partial charge in [0.2, 0.25) is 0 Å². The molecule has 27 heavy (non-hydrogen) atoms. The number of nitrogens with one attached hydrogen (secondary N) is 2. The Morgan fingerprint density at radius 3 is 2.67 bits per heavy atom. The van der Waals surface area contributed by atoms with Crippen molar-refractivity contribution in [3.63, 3.8) is 0 Å². The van der Waals surface area contributed by atoms with Crippen molar-refractivity contribution >= 4 is 17.3 Å². The summed E-state index contributed by atoms with van der Waals surface area (Å²) in [4.78, 5) is 9.85. The molecule has 1 aliphatic rings. The lowest BCUT2D eigenvalue weighted by Gasteiger charge is -2.28. The molecule has 7 heteroatoms. The molecular weight excluding hydrogens is 358 g/mol. The fourth-order valence-electron chi connectivity index (χ4n) is 3.41. The Bertz CT molecular complexity index is 512. The van der Waals surface area contributed by atoms with Crippen LogP contribution in [0.5, 0.6) is 0 Å². The van der Waals surface area contributed by atoms with Gasteiger partial charge >= 0.3 is 0 Å². The van der Waals surface area contributed by atoms with Gasteiger partial charge in [-0.15, -0.1) is 0 Å². The molecule has 1 unspecified atom stereocenters. The zero-order chi connectivity index (χ0) is 19.3. The molecule has 6 nitrogen and oxygen atoms in total. The molecule has 1 fully saturated rings. The van der Waals surface area contributed by atoms with Gasteiger partial charge in [-0.1, -0.05) is 13.8 Å². The predicted octanol–water partition coefficient (Wildman–Crippen LogP) is 2.41. The zero-order valence-electron chi connectivity index (χ0n) is 17.2. The average Bonchev–Trinajstić information content (AvgIpc) is 3.23. The molecule has 0 bridgehead atoms. The summed E-state index contributed by atoms with van der Waals surface area (Å²) in [5, 5.41) is 11.3.